The lowest BCUT2D eigenvalue weighted by Crippen LogP contribution is -2.43. The highest BCUT2D eigenvalue weighted by Crippen LogP contribution is 2.24. The van der Waals surface area contributed by atoms with Crippen LogP contribution in [0.4, 0.5) is 0 Å². The maximum atomic E-state index is 11.1. The minimum Gasteiger partial charge on any atom is -0.375 e. The Morgan fingerprint density at radius 2 is 1.65 bits per heavy atom. The molecule has 0 aromatic heterocycles. The Morgan fingerprint density at radius 3 is 2.10 bits per heavy atom. The van der Waals surface area contributed by atoms with Crippen molar-refractivity contribution in [2.24, 2.45) is 5.92 Å². The molecule has 3 nitrogen and oxygen atoms in total. The van der Waals surface area contributed by atoms with Gasteiger partial charge in [0.25, 0.3) is 0 Å². The fourth-order valence-electron chi connectivity index (χ4n) is 2.44. The zero-order valence-electron chi connectivity index (χ0n) is 14.6. The first-order valence-electron chi connectivity index (χ1n) is 8.04. The van der Waals surface area contributed by atoms with Gasteiger partial charge in [-0.3, -0.25) is 4.79 Å². The van der Waals surface area contributed by atoms with E-state index in [0.29, 0.717) is 6.61 Å². The molecule has 0 saturated carbocycles. The second-order valence-corrected chi connectivity index (χ2v) is 7.14. The number of carbonyl (C=O) groups excluding carboxylic acids is 1. The van der Waals surface area contributed by atoms with Gasteiger partial charge in [-0.1, -0.05) is 26.7 Å². The fraction of sp³-hybridized carbons (Fsp3) is 0.941. The zero-order valence-corrected chi connectivity index (χ0v) is 14.6. The van der Waals surface area contributed by atoms with Crippen LogP contribution in [0, 0.1) is 5.92 Å². The van der Waals surface area contributed by atoms with Crippen LogP contribution in [0.5, 0.6) is 0 Å². The summed E-state index contributed by atoms with van der Waals surface area (Å²) in [4.78, 5) is 11.1. The first-order chi connectivity index (χ1) is 9.12. The number of ether oxygens (including phenoxy) is 1. The Balaban J connectivity index is 4.06. The lowest BCUT2D eigenvalue weighted by Gasteiger charge is -2.30. The summed E-state index contributed by atoms with van der Waals surface area (Å²) in [5.41, 5.74) is -0.272. The van der Waals surface area contributed by atoms with Crippen LogP contribution in [0.15, 0.2) is 0 Å². The maximum Gasteiger partial charge on any atom is 0.217 e. The van der Waals surface area contributed by atoms with E-state index in [1.807, 2.05) is 13.8 Å². The van der Waals surface area contributed by atoms with Gasteiger partial charge in [0.1, 0.15) is 0 Å². The Hall–Kier alpha value is -0.570. The van der Waals surface area contributed by atoms with Crippen LogP contribution in [-0.4, -0.2) is 23.7 Å². The Bertz CT molecular complexity index is 281. The molecule has 0 heterocycles. The third-order valence-corrected chi connectivity index (χ3v) is 4.04. The van der Waals surface area contributed by atoms with Gasteiger partial charge < -0.3 is 10.1 Å². The fourth-order valence-corrected chi connectivity index (χ4v) is 2.44. The van der Waals surface area contributed by atoms with Crippen molar-refractivity contribution in [2.45, 2.75) is 91.7 Å². The van der Waals surface area contributed by atoms with Gasteiger partial charge >= 0.3 is 0 Å². The minimum absolute atomic E-state index is 0.0167. The molecule has 0 rings (SSSR count). The van der Waals surface area contributed by atoms with Gasteiger partial charge in [0.05, 0.1) is 5.60 Å². The van der Waals surface area contributed by atoms with Gasteiger partial charge in [0, 0.05) is 19.1 Å². The van der Waals surface area contributed by atoms with Crippen LogP contribution < -0.4 is 5.32 Å². The van der Waals surface area contributed by atoms with E-state index in [1.54, 1.807) is 6.92 Å². The van der Waals surface area contributed by atoms with Gasteiger partial charge in [-0.15, -0.1) is 0 Å². The van der Waals surface area contributed by atoms with E-state index in [-0.39, 0.29) is 17.0 Å². The molecule has 20 heavy (non-hydrogen) atoms. The number of amides is 1. The summed E-state index contributed by atoms with van der Waals surface area (Å²) < 4.78 is 6.04. The second-order valence-electron chi connectivity index (χ2n) is 7.14. The number of hydrogen-bond acceptors (Lipinski definition) is 2. The van der Waals surface area contributed by atoms with E-state index < -0.39 is 0 Å². The first kappa shape index (κ1) is 19.4. The predicted molar refractivity (Wildman–Crippen MR) is 85.8 cm³/mol. The van der Waals surface area contributed by atoms with Crippen LogP contribution in [0.2, 0.25) is 0 Å². The van der Waals surface area contributed by atoms with E-state index in [0.717, 1.165) is 18.8 Å². The highest BCUT2D eigenvalue weighted by Gasteiger charge is 2.23. The van der Waals surface area contributed by atoms with Crippen molar-refractivity contribution >= 4 is 5.91 Å². The number of rotatable bonds is 10. The number of nitrogens with one attached hydrogen (secondary N) is 1. The smallest absolute Gasteiger partial charge is 0.217 e. The Kier molecular flexibility index (Phi) is 8.41. The third-order valence-electron chi connectivity index (χ3n) is 4.04. The van der Waals surface area contributed by atoms with Crippen molar-refractivity contribution in [3.05, 3.63) is 0 Å². The van der Waals surface area contributed by atoms with E-state index in [9.17, 15) is 4.79 Å². The summed E-state index contributed by atoms with van der Waals surface area (Å²) in [6, 6.07) is 0. The highest BCUT2D eigenvalue weighted by atomic mass is 16.5. The van der Waals surface area contributed by atoms with Crippen LogP contribution in [0.1, 0.15) is 80.6 Å². The monoisotopic (exact) mass is 285 g/mol. The molecular formula is C17H35NO2. The molecule has 0 bridgehead atoms. The van der Waals surface area contributed by atoms with Crippen molar-refractivity contribution in [2.75, 3.05) is 6.61 Å². The molecule has 0 aliphatic rings. The molecule has 0 aliphatic heterocycles. The largest absolute Gasteiger partial charge is 0.375 e. The van der Waals surface area contributed by atoms with E-state index >= 15 is 0 Å². The quantitative estimate of drug-likeness (QED) is 0.650. The van der Waals surface area contributed by atoms with Crippen molar-refractivity contribution in [1.29, 1.82) is 0 Å². The molecule has 0 spiro atoms. The molecule has 0 fully saturated rings. The highest BCUT2D eigenvalue weighted by molar-refractivity contribution is 5.73. The van der Waals surface area contributed by atoms with Crippen LogP contribution in [-0.2, 0) is 9.53 Å². The topological polar surface area (TPSA) is 38.3 Å². The summed E-state index contributed by atoms with van der Waals surface area (Å²) in [5.74, 6) is 0.830. The SMILES string of the molecule is CCC(CC)CCC(C)(C)OCCC(C)(C)NC(C)=O. The minimum atomic E-state index is -0.197. The summed E-state index contributed by atoms with van der Waals surface area (Å²) in [6.07, 6.45) is 5.67. The van der Waals surface area contributed by atoms with Crippen molar-refractivity contribution in [1.82, 2.24) is 5.32 Å². The summed E-state index contributed by atoms with van der Waals surface area (Å²) in [6.45, 7) is 15.2. The van der Waals surface area contributed by atoms with Crippen molar-refractivity contribution < 1.29 is 9.53 Å². The summed E-state index contributed by atoms with van der Waals surface area (Å²) >= 11 is 0. The molecule has 0 unspecified atom stereocenters. The van der Waals surface area contributed by atoms with Crippen molar-refractivity contribution in [3.63, 3.8) is 0 Å². The first-order valence-corrected chi connectivity index (χ1v) is 8.04. The van der Waals surface area contributed by atoms with Gasteiger partial charge in [-0.2, -0.15) is 0 Å². The van der Waals surface area contributed by atoms with Gasteiger partial charge in [-0.05, 0) is 52.9 Å². The van der Waals surface area contributed by atoms with Crippen molar-refractivity contribution in [3.8, 4) is 0 Å². The molecule has 120 valence electrons. The lowest BCUT2D eigenvalue weighted by atomic mass is 9.91. The maximum absolute atomic E-state index is 11.1. The molecular weight excluding hydrogens is 250 g/mol. The van der Waals surface area contributed by atoms with E-state index in [2.05, 4.69) is 33.0 Å². The summed E-state index contributed by atoms with van der Waals surface area (Å²) in [5, 5.41) is 2.95. The van der Waals surface area contributed by atoms with Gasteiger partial charge in [0.2, 0.25) is 5.91 Å². The average molecular weight is 285 g/mol. The van der Waals surface area contributed by atoms with Gasteiger partial charge in [0.15, 0.2) is 0 Å². The molecule has 0 saturated heterocycles. The van der Waals surface area contributed by atoms with Crippen LogP contribution >= 0.6 is 0 Å². The second kappa shape index (κ2) is 8.66. The predicted octanol–water partition coefficient (Wildman–Crippen LogP) is 4.30. The van der Waals surface area contributed by atoms with Crippen LogP contribution in [0.25, 0.3) is 0 Å². The molecule has 0 aliphatic carbocycles. The molecule has 3 heteroatoms. The summed E-state index contributed by atoms with van der Waals surface area (Å²) in [7, 11) is 0. The Morgan fingerprint density at radius 1 is 1.10 bits per heavy atom. The number of hydrogen-bond donors (Lipinski definition) is 1. The number of carbonyl (C=O) groups is 1. The molecule has 1 amide bonds. The molecule has 1 N–H and O–H groups in total. The molecule has 0 atom stereocenters. The standard InChI is InChI=1S/C17H35NO2/c1-8-15(9-2)10-11-17(6,7)20-13-12-16(4,5)18-14(3)19/h15H,8-13H2,1-7H3,(H,18,19). The Labute approximate surface area is 125 Å². The van der Waals surface area contributed by atoms with Crippen LogP contribution in [0.3, 0.4) is 0 Å². The van der Waals surface area contributed by atoms with E-state index in [1.165, 1.54) is 19.3 Å². The molecule has 0 aromatic carbocycles. The third kappa shape index (κ3) is 9.35. The van der Waals surface area contributed by atoms with Gasteiger partial charge in [-0.25, -0.2) is 0 Å². The normalized spacial score (nSPS) is 12.8. The van der Waals surface area contributed by atoms with E-state index in [4.69, 9.17) is 4.74 Å². The zero-order chi connectivity index (χ0) is 15.8. The average Bonchev–Trinajstić information content (AvgIpc) is 2.27. The molecule has 0 aromatic rings. The lowest BCUT2D eigenvalue weighted by molar-refractivity contribution is -0.120. The molecule has 0 radical (unpaired) electrons.